The molecule has 7 heteroatoms. The highest BCUT2D eigenvalue weighted by molar-refractivity contribution is 7.89. The first kappa shape index (κ1) is 19.5. The molecule has 0 N–H and O–H groups in total. The second-order valence-electron chi connectivity index (χ2n) is 7.05. The fourth-order valence-electron chi connectivity index (χ4n) is 3.35. The van der Waals surface area contributed by atoms with Crippen LogP contribution in [0.5, 0.6) is 0 Å². The van der Waals surface area contributed by atoms with Crippen molar-refractivity contribution in [1.82, 2.24) is 14.2 Å². The number of nitrogens with zero attached hydrogens (tertiary/aromatic N) is 3. The Morgan fingerprint density at radius 3 is 2.44 bits per heavy atom. The van der Waals surface area contributed by atoms with Gasteiger partial charge in [0.1, 0.15) is 4.90 Å². The minimum Gasteiger partial charge on any atom is -0.341 e. The topological polar surface area (TPSA) is 70.6 Å². The Labute approximate surface area is 160 Å². The summed E-state index contributed by atoms with van der Waals surface area (Å²) in [6.45, 7) is 3.30. The Bertz CT molecular complexity index is 874. The molecule has 1 aromatic heterocycles. The summed E-state index contributed by atoms with van der Waals surface area (Å²) in [5, 5.41) is 0. The summed E-state index contributed by atoms with van der Waals surface area (Å²) in [5.41, 5.74) is 2.28. The van der Waals surface area contributed by atoms with Gasteiger partial charge in [0, 0.05) is 45.0 Å². The predicted octanol–water partition coefficient (Wildman–Crippen LogP) is 2.45. The second kappa shape index (κ2) is 8.19. The standard InChI is InChI=1S/C20H25N3O3S/c1-16-5-7-17(8-6-16)15-22(2)20(24)18-9-12-23(13-10-18)27(25,26)19-4-3-11-21-14-19/h3-8,11,14,18H,9-10,12-13,15H2,1-2H3. The smallest absolute Gasteiger partial charge is 0.244 e. The lowest BCUT2D eigenvalue weighted by Crippen LogP contribution is -2.43. The number of pyridine rings is 1. The van der Waals surface area contributed by atoms with E-state index in [-0.39, 0.29) is 16.7 Å². The number of carbonyl (C=O) groups excluding carboxylic acids is 1. The number of piperidine rings is 1. The van der Waals surface area contributed by atoms with Crippen LogP contribution in [0.25, 0.3) is 0 Å². The Balaban J connectivity index is 1.58. The van der Waals surface area contributed by atoms with Crippen molar-refractivity contribution in [3.8, 4) is 0 Å². The summed E-state index contributed by atoms with van der Waals surface area (Å²) >= 11 is 0. The molecule has 0 unspecified atom stereocenters. The molecule has 0 atom stereocenters. The van der Waals surface area contributed by atoms with E-state index in [4.69, 9.17) is 0 Å². The molecule has 1 fully saturated rings. The van der Waals surface area contributed by atoms with Crippen LogP contribution in [0.15, 0.2) is 53.7 Å². The average Bonchev–Trinajstić information content (AvgIpc) is 2.70. The number of benzene rings is 1. The van der Waals surface area contributed by atoms with Crippen LogP contribution >= 0.6 is 0 Å². The number of sulfonamides is 1. The van der Waals surface area contributed by atoms with Crippen LogP contribution in [0.1, 0.15) is 24.0 Å². The number of hydrogen-bond donors (Lipinski definition) is 0. The maximum atomic E-state index is 12.7. The fourth-order valence-corrected chi connectivity index (χ4v) is 4.78. The fraction of sp³-hybridized carbons (Fsp3) is 0.400. The highest BCUT2D eigenvalue weighted by Gasteiger charge is 2.33. The largest absolute Gasteiger partial charge is 0.341 e. The lowest BCUT2D eigenvalue weighted by molar-refractivity contribution is -0.135. The summed E-state index contributed by atoms with van der Waals surface area (Å²) in [5.74, 6) is -0.0604. The Morgan fingerprint density at radius 2 is 1.85 bits per heavy atom. The van der Waals surface area contributed by atoms with Gasteiger partial charge in [-0.3, -0.25) is 9.78 Å². The molecule has 2 heterocycles. The summed E-state index contributed by atoms with van der Waals surface area (Å²) in [4.78, 5) is 18.6. The first-order chi connectivity index (χ1) is 12.9. The Hall–Kier alpha value is -2.25. The molecule has 144 valence electrons. The van der Waals surface area contributed by atoms with Gasteiger partial charge in [-0.25, -0.2) is 8.42 Å². The molecule has 2 aromatic rings. The van der Waals surface area contributed by atoms with E-state index < -0.39 is 10.0 Å². The van der Waals surface area contributed by atoms with Crippen LogP contribution in [0.2, 0.25) is 0 Å². The summed E-state index contributed by atoms with van der Waals surface area (Å²) in [6, 6.07) is 11.3. The quantitative estimate of drug-likeness (QED) is 0.790. The monoisotopic (exact) mass is 387 g/mol. The average molecular weight is 388 g/mol. The van der Waals surface area contributed by atoms with E-state index in [1.54, 1.807) is 30.3 Å². The zero-order chi connectivity index (χ0) is 19.4. The number of aryl methyl sites for hydroxylation is 1. The van der Waals surface area contributed by atoms with E-state index in [1.807, 2.05) is 31.2 Å². The van der Waals surface area contributed by atoms with Crippen molar-refractivity contribution in [2.24, 2.45) is 5.92 Å². The van der Waals surface area contributed by atoms with Crippen LogP contribution in [0, 0.1) is 12.8 Å². The third-order valence-electron chi connectivity index (χ3n) is 4.99. The summed E-state index contributed by atoms with van der Waals surface area (Å²) < 4.78 is 26.8. The molecular formula is C20H25N3O3S. The molecule has 1 aliphatic heterocycles. The molecule has 0 aliphatic carbocycles. The molecule has 1 amide bonds. The van der Waals surface area contributed by atoms with E-state index in [0.29, 0.717) is 32.5 Å². The second-order valence-corrected chi connectivity index (χ2v) is 8.98. The number of rotatable bonds is 5. The third-order valence-corrected chi connectivity index (χ3v) is 6.87. The highest BCUT2D eigenvalue weighted by atomic mass is 32.2. The number of hydrogen-bond acceptors (Lipinski definition) is 4. The van der Waals surface area contributed by atoms with Gasteiger partial charge in [0.2, 0.25) is 15.9 Å². The number of carbonyl (C=O) groups is 1. The lowest BCUT2D eigenvalue weighted by Gasteiger charge is -2.32. The van der Waals surface area contributed by atoms with Gasteiger partial charge in [0.15, 0.2) is 0 Å². The Kier molecular flexibility index (Phi) is 5.92. The predicted molar refractivity (Wildman–Crippen MR) is 103 cm³/mol. The van der Waals surface area contributed by atoms with Gasteiger partial charge in [-0.2, -0.15) is 4.31 Å². The molecule has 27 heavy (non-hydrogen) atoms. The zero-order valence-electron chi connectivity index (χ0n) is 15.7. The molecule has 3 rings (SSSR count). The lowest BCUT2D eigenvalue weighted by atomic mass is 9.96. The van der Waals surface area contributed by atoms with E-state index in [9.17, 15) is 13.2 Å². The Morgan fingerprint density at radius 1 is 1.19 bits per heavy atom. The van der Waals surface area contributed by atoms with Gasteiger partial charge in [0.25, 0.3) is 0 Å². The highest BCUT2D eigenvalue weighted by Crippen LogP contribution is 2.25. The molecule has 0 bridgehead atoms. The molecule has 1 aliphatic rings. The van der Waals surface area contributed by atoms with Gasteiger partial charge in [-0.05, 0) is 37.5 Å². The molecule has 1 aromatic carbocycles. The van der Waals surface area contributed by atoms with Crippen molar-refractivity contribution < 1.29 is 13.2 Å². The van der Waals surface area contributed by atoms with E-state index >= 15 is 0 Å². The zero-order valence-corrected chi connectivity index (χ0v) is 16.5. The van der Waals surface area contributed by atoms with Crippen LogP contribution in [0.4, 0.5) is 0 Å². The maximum absolute atomic E-state index is 12.7. The van der Waals surface area contributed by atoms with Crippen molar-refractivity contribution >= 4 is 15.9 Å². The molecular weight excluding hydrogens is 362 g/mol. The molecule has 0 spiro atoms. The van der Waals surface area contributed by atoms with Crippen molar-refractivity contribution in [1.29, 1.82) is 0 Å². The minimum atomic E-state index is -3.54. The molecule has 6 nitrogen and oxygen atoms in total. The van der Waals surface area contributed by atoms with Gasteiger partial charge in [-0.1, -0.05) is 29.8 Å². The van der Waals surface area contributed by atoms with Crippen molar-refractivity contribution in [2.45, 2.75) is 31.2 Å². The van der Waals surface area contributed by atoms with Crippen LogP contribution < -0.4 is 0 Å². The van der Waals surface area contributed by atoms with Crippen LogP contribution in [-0.2, 0) is 21.4 Å². The maximum Gasteiger partial charge on any atom is 0.244 e. The van der Waals surface area contributed by atoms with Crippen LogP contribution in [-0.4, -0.2) is 48.7 Å². The van der Waals surface area contributed by atoms with Crippen molar-refractivity contribution in [3.05, 3.63) is 59.9 Å². The first-order valence-electron chi connectivity index (χ1n) is 9.08. The molecule has 0 saturated carbocycles. The van der Waals surface area contributed by atoms with Gasteiger partial charge >= 0.3 is 0 Å². The van der Waals surface area contributed by atoms with Crippen molar-refractivity contribution in [2.75, 3.05) is 20.1 Å². The first-order valence-corrected chi connectivity index (χ1v) is 10.5. The van der Waals surface area contributed by atoms with Gasteiger partial charge in [0.05, 0.1) is 0 Å². The normalized spacial score (nSPS) is 16.2. The van der Waals surface area contributed by atoms with E-state index in [0.717, 1.165) is 5.56 Å². The van der Waals surface area contributed by atoms with E-state index in [1.165, 1.54) is 16.1 Å². The SMILES string of the molecule is Cc1ccc(CN(C)C(=O)C2CCN(S(=O)(=O)c3cccnc3)CC2)cc1. The minimum absolute atomic E-state index is 0.0778. The molecule has 1 saturated heterocycles. The summed E-state index contributed by atoms with van der Waals surface area (Å²) in [6.07, 6.45) is 3.99. The van der Waals surface area contributed by atoms with Gasteiger partial charge < -0.3 is 4.90 Å². The number of aromatic nitrogens is 1. The number of amides is 1. The van der Waals surface area contributed by atoms with Crippen molar-refractivity contribution in [3.63, 3.8) is 0 Å². The van der Waals surface area contributed by atoms with Gasteiger partial charge in [-0.15, -0.1) is 0 Å². The molecule has 0 radical (unpaired) electrons. The van der Waals surface area contributed by atoms with E-state index in [2.05, 4.69) is 4.98 Å². The van der Waals surface area contributed by atoms with Crippen LogP contribution in [0.3, 0.4) is 0 Å². The third kappa shape index (κ3) is 4.54. The summed E-state index contributed by atoms with van der Waals surface area (Å²) in [7, 11) is -1.73.